The highest BCUT2D eigenvalue weighted by Gasteiger charge is 2.22. The number of guanidine groups is 1. The number of ether oxygens (including phenoxy) is 1. The van der Waals surface area contributed by atoms with Gasteiger partial charge in [0.05, 0.1) is 13.2 Å². The second-order valence-electron chi connectivity index (χ2n) is 6.57. The normalized spacial score (nSPS) is 20.0. The third-order valence-electron chi connectivity index (χ3n) is 4.42. The Kier molecular flexibility index (Phi) is 9.23. The molecule has 0 radical (unpaired) electrons. The highest BCUT2D eigenvalue weighted by Crippen LogP contribution is 2.30. The third kappa shape index (κ3) is 7.25. The van der Waals surface area contributed by atoms with Gasteiger partial charge >= 0.3 is 0 Å². The van der Waals surface area contributed by atoms with Gasteiger partial charge in [-0.3, -0.25) is 0 Å². The van der Waals surface area contributed by atoms with Crippen LogP contribution in [0, 0.1) is 5.92 Å². The van der Waals surface area contributed by atoms with Crippen molar-refractivity contribution >= 4 is 41.7 Å². The summed E-state index contributed by atoms with van der Waals surface area (Å²) < 4.78 is 5.98. The fraction of sp³-hybridized carbons (Fsp3) is 0.632. The lowest BCUT2D eigenvalue weighted by Crippen LogP contribution is -2.40. The van der Waals surface area contributed by atoms with Gasteiger partial charge in [-0.25, -0.2) is 4.99 Å². The first kappa shape index (κ1) is 20.7. The smallest absolute Gasteiger partial charge is 0.191 e. The van der Waals surface area contributed by atoms with Crippen molar-refractivity contribution in [3.8, 4) is 5.75 Å². The zero-order valence-electron chi connectivity index (χ0n) is 15.0. The molecule has 2 aliphatic rings. The number of nitrogens with zero attached hydrogens (tertiary/aromatic N) is 1. The van der Waals surface area contributed by atoms with Crippen LogP contribution in [0.25, 0.3) is 0 Å². The molecule has 1 saturated carbocycles. The SMILES string of the molecule is CCNC(=NCc1ccccc1OCC1CC1)NCC1CCCS1.I. The van der Waals surface area contributed by atoms with E-state index in [4.69, 9.17) is 9.73 Å². The molecule has 1 aliphatic carbocycles. The molecule has 0 spiro atoms. The molecule has 25 heavy (non-hydrogen) atoms. The number of nitrogens with one attached hydrogen (secondary N) is 2. The summed E-state index contributed by atoms with van der Waals surface area (Å²) in [5, 5.41) is 7.56. The number of aliphatic imine (C=N–C) groups is 1. The van der Waals surface area contributed by atoms with Crippen molar-refractivity contribution in [2.45, 2.75) is 44.4 Å². The van der Waals surface area contributed by atoms with Crippen molar-refractivity contribution in [2.75, 3.05) is 25.4 Å². The van der Waals surface area contributed by atoms with Crippen LogP contribution in [-0.4, -0.2) is 36.7 Å². The van der Waals surface area contributed by atoms with Crippen LogP contribution in [0.1, 0.15) is 38.2 Å². The summed E-state index contributed by atoms with van der Waals surface area (Å²) in [5.41, 5.74) is 1.16. The van der Waals surface area contributed by atoms with Crippen LogP contribution in [0.15, 0.2) is 29.3 Å². The van der Waals surface area contributed by atoms with Gasteiger partial charge < -0.3 is 15.4 Å². The van der Waals surface area contributed by atoms with Crippen LogP contribution in [0.4, 0.5) is 0 Å². The van der Waals surface area contributed by atoms with Crippen LogP contribution in [-0.2, 0) is 6.54 Å². The van der Waals surface area contributed by atoms with Crippen molar-refractivity contribution in [2.24, 2.45) is 10.9 Å². The van der Waals surface area contributed by atoms with Crippen LogP contribution in [0.2, 0.25) is 0 Å². The lowest BCUT2D eigenvalue weighted by molar-refractivity contribution is 0.297. The molecular formula is C19H30IN3OS. The molecule has 140 valence electrons. The first-order valence-corrected chi connectivity index (χ1v) is 10.2. The molecule has 1 saturated heterocycles. The maximum atomic E-state index is 5.98. The maximum Gasteiger partial charge on any atom is 0.191 e. The first-order chi connectivity index (χ1) is 11.8. The van der Waals surface area contributed by atoms with E-state index in [1.54, 1.807) is 0 Å². The van der Waals surface area contributed by atoms with Gasteiger partial charge in [0, 0.05) is 23.9 Å². The Morgan fingerprint density at radius 2 is 2.08 bits per heavy atom. The molecule has 1 atom stereocenters. The van der Waals surface area contributed by atoms with E-state index in [0.717, 1.165) is 48.1 Å². The predicted molar refractivity (Wildman–Crippen MR) is 118 cm³/mol. The zero-order chi connectivity index (χ0) is 16.6. The van der Waals surface area contributed by atoms with E-state index in [-0.39, 0.29) is 24.0 Å². The highest BCUT2D eigenvalue weighted by molar-refractivity contribution is 14.0. The summed E-state index contributed by atoms with van der Waals surface area (Å²) in [6.45, 7) is 5.47. The minimum absolute atomic E-state index is 0. The molecule has 0 bridgehead atoms. The number of hydrogen-bond acceptors (Lipinski definition) is 3. The van der Waals surface area contributed by atoms with Gasteiger partial charge in [-0.1, -0.05) is 18.2 Å². The minimum Gasteiger partial charge on any atom is -0.493 e. The Labute approximate surface area is 173 Å². The summed E-state index contributed by atoms with van der Waals surface area (Å²) in [6, 6.07) is 8.27. The van der Waals surface area contributed by atoms with E-state index < -0.39 is 0 Å². The van der Waals surface area contributed by atoms with Gasteiger partial charge in [-0.2, -0.15) is 11.8 Å². The van der Waals surface area contributed by atoms with E-state index in [2.05, 4.69) is 47.5 Å². The molecule has 2 fully saturated rings. The summed E-state index contributed by atoms with van der Waals surface area (Å²) >= 11 is 2.07. The standard InChI is InChI=1S/C19H29N3OS.HI/c1-2-20-19(22-13-17-7-5-11-24-17)21-12-16-6-3-4-8-18(16)23-14-15-9-10-15;/h3-4,6,8,15,17H,2,5,7,9-14H2,1H3,(H2,20,21,22);1H. The minimum atomic E-state index is 0. The zero-order valence-corrected chi connectivity index (χ0v) is 18.1. The van der Waals surface area contributed by atoms with Crippen molar-refractivity contribution in [1.29, 1.82) is 0 Å². The van der Waals surface area contributed by atoms with Crippen LogP contribution in [0.5, 0.6) is 5.75 Å². The van der Waals surface area contributed by atoms with Crippen LogP contribution >= 0.6 is 35.7 Å². The Hall–Kier alpha value is -0.630. The molecule has 1 aromatic rings. The van der Waals surface area contributed by atoms with Crippen LogP contribution < -0.4 is 15.4 Å². The summed E-state index contributed by atoms with van der Waals surface area (Å²) in [4.78, 5) is 4.75. The molecule has 4 nitrogen and oxygen atoms in total. The lowest BCUT2D eigenvalue weighted by atomic mass is 10.2. The maximum absolute atomic E-state index is 5.98. The topological polar surface area (TPSA) is 45.7 Å². The largest absolute Gasteiger partial charge is 0.493 e. The Bertz CT molecular complexity index is 545. The number of thioether (sulfide) groups is 1. The molecule has 0 aromatic heterocycles. The Balaban J connectivity index is 0.00000225. The molecule has 1 heterocycles. The van der Waals surface area contributed by atoms with E-state index >= 15 is 0 Å². The van der Waals surface area contributed by atoms with Gasteiger partial charge in [0.2, 0.25) is 0 Å². The molecule has 0 amide bonds. The summed E-state index contributed by atoms with van der Waals surface area (Å²) in [6.07, 6.45) is 5.29. The average Bonchev–Trinajstić information content (AvgIpc) is 3.29. The second kappa shape index (κ2) is 11.2. The molecule has 3 rings (SSSR count). The molecular weight excluding hydrogens is 445 g/mol. The first-order valence-electron chi connectivity index (χ1n) is 9.19. The summed E-state index contributed by atoms with van der Waals surface area (Å²) in [5.74, 6) is 3.95. The average molecular weight is 475 g/mol. The predicted octanol–water partition coefficient (Wildman–Crippen LogP) is 4.04. The number of hydrogen-bond donors (Lipinski definition) is 2. The van der Waals surface area contributed by atoms with Crippen molar-refractivity contribution in [3.63, 3.8) is 0 Å². The summed E-state index contributed by atoms with van der Waals surface area (Å²) in [7, 11) is 0. The van der Waals surface area contributed by atoms with Crippen molar-refractivity contribution in [3.05, 3.63) is 29.8 Å². The van der Waals surface area contributed by atoms with E-state index in [9.17, 15) is 0 Å². The number of para-hydroxylation sites is 1. The second-order valence-corrected chi connectivity index (χ2v) is 7.98. The van der Waals surface area contributed by atoms with E-state index in [1.807, 2.05) is 6.07 Å². The van der Waals surface area contributed by atoms with Gasteiger partial charge in [0.25, 0.3) is 0 Å². The monoisotopic (exact) mass is 475 g/mol. The van der Waals surface area contributed by atoms with Gasteiger partial charge in [-0.05, 0) is 50.3 Å². The van der Waals surface area contributed by atoms with Gasteiger partial charge in [-0.15, -0.1) is 24.0 Å². The quantitative estimate of drug-likeness (QED) is 0.339. The molecule has 6 heteroatoms. The molecule has 2 N–H and O–H groups in total. The molecule has 1 unspecified atom stereocenters. The number of halogens is 1. The Morgan fingerprint density at radius 1 is 1.24 bits per heavy atom. The van der Waals surface area contributed by atoms with Crippen molar-refractivity contribution in [1.82, 2.24) is 10.6 Å². The molecule has 1 aromatic carbocycles. The Morgan fingerprint density at radius 3 is 2.80 bits per heavy atom. The van der Waals surface area contributed by atoms with E-state index in [0.29, 0.717) is 6.54 Å². The fourth-order valence-electron chi connectivity index (χ4n) is 2.79. The molecule has 1 aliphatic heterocycles. The van der Waals surface area contributed by atoms with Crippen molar-refractivity contribution < 1.29 is 4.74 Å². The number of rotatable bonds is 8. The fourth-order valence-corrected chi connectivity index (χ4v) is 3.99. The van der Waals surface area contributed by atoms with E-state index in [1.165, 1.54) is 31.4 Å². The number of benzene rings is 1. The third-order valence-corrected chi connectivity index (χ3v) is 5.82. The highest BCUT2D eigenvalue weighted by atomic mass is 127. The van der Waals surface area contributed by atoms with Gasteiger partial charge in [0.15, 0.2) is 5.96 Å². The van der Waals surface area contributed by atoms with Crippen LogP contribution in [0.3, 0.4) is 0 Å². The van der Waals surface area contributed by atoms with Gasteiger partial charge in [0.1, 0.15) is 5.75 Å². The lowest BCUT2D eigenvalue weighted by Gasteiger charge is -2.15.